The lowest BCUT2D eigenvalue weighted by Crippen LogP contribution is -1.95. The van der Waals surface area contributed by atoms with Crippen LogP contribution in [0.3, 0.4) is 0 Å². The van der Waals surface area contributed by atoms with Gasteiger partial charge in [0.2, 0.25) is 0 Å². The van der Waals surface area contributed by atoms with Gasteiger partial charge in [-0.15, -0.1) is 0 Å². The predicted octanol–water partition coefficient (Wildman–Crippen LogP) is 3.45. The van der Waals surface area contributed by atoms with E-state index in [4.69, 9.17) is 9.47 Å². The average Bonchev–Trinajstić information content (AvgIpc) is 2.53. The molecule has 0 unspecified atom stereocenters. The second-order valence-corrected chi connectivity index (χ2v) is 4.43. The summed E-state index contributed by atoms with van der Waals surface area (Å²) in [7, 11) is 3.11. The Hall–Kier alpha value is -2.69. The number of ether oxygens (including phenoxy) is 2. The summed E-state index contributed by atoms with van der Waals surface area (Å²) in [6.07, 6.45) is 1.41. The summed E-state index contributed by atoms with van der Waals surface area (Å²) >= 11 is 0. The molecule has 1 heterocycles. The zero-order chi connectivity index (χ0) is 14.8. The fourth-order valence-electron chi connectivity index (χ4n) is 2.25. The van der Waals surface area contributed by atoms with E-state index in [9.17, 15) is 4.39 Å². The van der Waals surface area contributed by atoms with Gasteiger partial charge in [-0.2, -0.15) is 0 Å². The Labute approximate surface area is 121 Å². The van der Waals surface area contributed by atoms with Crippen molar-refractivity contribution in [2.24, 2.45) is 0 Å². The topological polar surface area (TPSA) is 44.2 Å². The molecule has 0 aliphatic rings. The van der Waals surface area contributed by atoms with Gasteiger partial charge in [-0.05, 0) is 18.2 Å². The van der Waals surface area contributed by atoms with Gasteiger partial charge >= 0.3 is 0 Å². The Kier molecular flexibility index (Phi) is 3.39. The van der Waals surface area contributed by atoms with Crippen molar-refractivity contribution in [2.45, 2.75) is 0 Å². The van der Waals surface area contributed by atoms with Crippen molar-refractivity contribution in [1.29, 1.82) is 0 Å². The largest absolute Gasteiger partial charge is 0.493 e. The van der Waals surface area contributed by atoms with Gasteiger partial charge in [-0.25, -0.2) is 14.4 Å². The normalized spacial score (nSPS) is 10.6. The number of rotatable bonds is 3. The summed E-state index contributed by atoms with van der Waals surface area (Å²) in [5.41, 5.74) is 1.62. The summed E-state index contributed by atoms with van der Waals surface area (Å²) < 4.78 is 24.6. The molecule has 0 aliphatic heterocycles. The number of halogens is 1. The van der Waals surface area contributed by atoms with Crippen molar-refractivity contribution in [3.05, 3.63) is 48.5 Å². The standard InChI is InChI=1S/C16H13FN2O2/c1-20-14-7-11-13(8-15(14)21-2)18-9-19-16(11)10-5-3-4-6-12(10)17/h3-9H,1-2H3. The van der Waals surface area contributed by atoms with Gasteiger partial charge in [0.25, 0.3) is 0 Å². The summed E-state index contributed by atoms with van der Waals surface area (Å²) in [6, 6.07) is 10.0. The Bertz CT molecular complexity index is 805. The number of aromatic nitrogens is 2. The SMILES string of the molecule is COc1cc2ncnc(-c3ccccc3F)c2cc1OC. The fraction of sp³-hybridized carbons (Fsp3) is 0.125. The molecule has 0 bridgehead atoms. The third-order valence-electron chi connectivity index (χ3n) is 3.27. The molecule has 21 heavy (non-hydrogen) atoms. The molecule has 3 rings (SSSR count). The molecule has 3 aromatic rings. The number of fused-ring (bicyclic) bond motifs is 1. The van der Waals surface area contributed by atoms with Crippen LogP contribution in [0.4, 0.5) is 4.39 Å². The third kappa shape index (κ3) is 2.27. The van der Waals surface area contributed by atoms with E-state index in [0.717, 1.165) is 0 Å². The van der Waals surface area contributed by atoms with Crippen LogP contribution in [0.2, 0.25) is 0 Å². The molecule has 2 aromatic carbocycles. The van der Waals surface area contributed by atoms with Gasteiger partial charge < -0.3 is 9.47 Å². The van der Waals surface area contributed by atoms with E-state index in [1.54, 1.807) is 44.6 Å². The first-order chi connectivity index (χ1) is 10.2. The highest BCUT2D eigenvalue weighted by atomic mass is 19.1. The van der Waals surface area contributed by atoms with Crippen LogP contribution in [0.25, 0.3) is 22.2 Å². The molecule has 0 fully saturated rings. The molecule has 0 N–H and O–H groups in total. The van der Waals surface area contributed by atoms with Gasteiger partial charge in [0.05, 0.1) is 25.4 Å². The van der Waals surface area contributed by atoms with E-state index in [0.29, 0.717) is 33.7 Å². The Morgan fingerprint density at radius 3 is 2.38 bits per heavy atom. The van der Waals surface area contributed by atoms with Crippen LogP contribution in [0.1, 0.15) is 0 Å². The molecule has 0 atom stereocenters. The number of hydrogen-bond donors (Lipinski definition) is 0. The zero-order valence-corrected chi connectivity index (χ0v) is 11.6. The van der Waals surface area contributed by atoms with Crippen molar-refractivity contribution < 1.29 is 13.9 Å². The average molecular weight is 284 g/mol. The molecule has 4 nitrogen and oxygen atoms in total. The maximum absolute atomic E-state index is 14.0. The molecular weight excluding hydrogens is 271 g/mol. The predicted molar refractivity (Wildman–Crippen MR) is 78.0 cm³/mol. The number of nitrogens with zero attached hydrogens (tertiary/aromatic N) is 2. The van der Waals surface area contributed by atoms with Gasteiger partial charge in [-0.3, -0.25) is 0 Å². The second kappa shape index (κ2) is 5.36. The van der Waals surface area contributed by atoms with E-state index in [1.807, 2.05) is 0 Å². The molecular formula is C16H13FN2O2. The van der Waals surface area contributed by atoms with Crippen molar-refractivity contribution in [2.75, 3.05) is 14.2 Å². The van der Waals surface area contributed by atoms with E-state index in [1.165, 1.54) is 12.4 Å². The second-order valence-electron chi connectivity index (χ2n) is 4.43. The maximum Gasteiger partial charge on any atom is 0.162 e. The minimum absolute atomic E-state index is 0.327. The summed E-state index contributed by atoms with van der Waals surface area (Å²) in [4.78, 5) is 8.43. The molecule has 1 aromatic heterocycles. The number of benzene rings is 2. The molecule has 0 amide bonds. The van der Waals surface area contributed by atoms with E-state index >= 15 is 0 Å². The fourth-order valence-corrected chi connectivity index (χ4v) is 2.25. The van der Waals surface area contributed by atoms with Gasteiger partial charge in [0.15, 0.2) is 11.5 Å². The van der Waals surface area contributed by atoms with Crippen LogP contribution < -0.4 is 9.47 Å². The highest BCUT2D eigenvalue weighted by molar-refractivity contribution is 5.94. The van der Waals surface area contributed by atoms with E-state index in [2.05, 4.69) is 9.97 Å². The smallest absolute Gasteiger partial charge is 0.162 e. The van der Waals surface area contributed by atoms with Crippen LogP contribution >= 0.6 is 0 Å². The van der Waals surface area contributed by atoms with Gasteiger partial charge in [0.1, 0.15) is 12.1 Å². The summed E-state index contributed by atoms with van der Waals surface area (Å²) in [5.74, 6) is 0.799. The summed E-state index contributed by atoms with van der Waals surface area (Å²) in [6.45, 7) is 0. The Morgan fingerprint density at radius 2 is 1.67 bits per heavy atom. The molecule has 0 aliphatic carbocycles. The molecule has 0 radical (unpaired) electrons. The van der Waals surface area contributed by atoms with Crippen LogP contribution in [0.5, 0.6) is 11.5 Å². The highest BCUT2D eigenvalue weighted by Gasteiger charge is 2.14. The molecule has 106 valence electrons. The molecule has 5 heteroatoms. The first-order valence-electron chi connectivity index (χ1n) is 6.36. The van der Waals surface area contributed by atoms with Crippen molar-refractivity contribution in [1.82, 2.24) is 9.97 Å². The molecule has 0 saturated carbocycles. The van der Waals surface area contributed by atoms with Gasteiger partial charge in [0, 0.05) is 17.0 Å². The minimum Gasteiger partial charge on any atom is -0.493 e. The van der Waals surface area contributed by atoms with Crippen LogP contribution in [-0.4, -0.2) is 24.2 Å². The first-order valence-corrected chi connectivity index (χ1v) is 6.36. The van der Waals surface area contributed by atoms with Crippen molar-refractivity contribution in [3.8, 4) is 22.8 Å². The monoisotopic (exact) mass is 284 g/mol. The van der Waals surface area contributed by atoms with E-state index in [-0.39, 0.29) is 5.82 Å². The van der Waals surface area contributed by atoms with Gasteiger partial charge in [-0.1, -0.05) is 12.1 Å². The zero-order valence-electron chi connectivity index (χ0n) is 11.6. The third-order valence-corrected chi connectivity index (χ3v) is 3.27. The number of hydrogen-bond acceptors (Lipinski definition) is 4. The van der Waals surface area contributed by atoms with Crippen LogP contribution in [0, 0.1) is 5.82 Å². The van der Waals surface area contributed by atoms with Crippen LogP contribution in [-0.2, 0) is 0 Å². The molecule has 0 saturated heterocycles. The Morgan fingerprint density at radius 1 is 0.952 bits per heavy atom. The summed E-state index contributed by atoms with van der Waals surface area (Å²) in [5, 5.41) is 0.709. The first kappa shape index (κ1) is 13.3. The molecule has 0 spiro atoms. The lowest BCUT2D eigenvalue weighted by Gasteiger charge is -2.11. The lowest BCUT2D eigenvalue weighted by atomic mass is 10.1. The van der Waals surface area contributed by atoms with E-state index < -0.39 is 0 Å². The van der Waals surface area contributed by atoms with Crippen molar-refractivity contribution in [3.63, 3.8) is 0 Å². The number of methoxy groups -OCH3 is 2. The highest BCUT2D eigenvalue weighted by Crippen LogP contribution is 2.35. The maximum atomic E-state index is 14.0. The Balaban J connectivity index is 2.32. The lowest BCUT2D eigenvalue weighted by molar-refractivity contribution is 0.356. The van der Waals surface area contributed by atoms with Crippen molar-refractivity contribution >= 4 is 10.9 Å². The minimum atomic E-state index is -0.327. The quantitative estimate of drug-likeness (QED) is 0.739. The van der Waals surface area contributed by atoms with Crippen LogP contribution in [0.15, 0.2) is 42.7 Å².